The number of aromatic nitrogens is 2. The molecule has 1 aromatic heterocycles. The molecule has 1 aromatic carbocycles. The van der Waals surface area contributed by atoms with Gasteiger partial charge in [0.1, 0.15) is 5.82 Å². The van der Waals surface area contributed by atoms with Crippen molar-refractivity contribution in [1.82, 2.24) is 15.0 Å². The molecule has 0 aliphatic rings. The Balaban J connectivity index is 2.06. The summed E-state index contributed by atoms with van der Waals surface area (Å²) >= 11 is 0. The lowest BCUT2D eigenvalue weighted by atomic mass is 10.2. The summed E-state index contributed by atoms with van der Waals surface area (Å²) in [5, 5.41) is 0. The van der Waals surface area contributed by atoms with E-state index in [0.29, 0.717) is 19.1 Å². The van der Waals surface area contributed by atoms with Gasteiger partial charge in [-0.2, -0.15) is 5.48 Å². The van der Waals surface area contributed by atoms with Crippen molar-refractivity contribution >= 4 is 0 Å². The quantitative estimate of drug-likeness (QED) is 0.640. The van der Waals surface area contributed by atoms with Crippen LogP contribution in [0, 0.1) is 12.8 Å². The minimum absolute atomic E-state index is 0.522. The number of para-hydroxylation sites is 1. The highest BCUT2D eigenvalue weighted by Gasteiger charge is 2.08. The number of imidazole rings is 1. The van der Waals surface area contributed by atoms with Gasteiger partial charge < -0.3 is 4.84 Å². The summed E-state index contributed by atoms with van der Waals surface area (Å²) in [6.45, 7) is 7.60. The van der Waals surface area contributed by atoms with Crippen LogP contribution >= 0.6 is 0 Å². The fourth-order valence-electron chi connectivity index (χ4n) is 1.90. The van der Waals surface area contributed by atoms with Crippen LogP contribution in [0.25, 0.3) is 5.69 Å². The molecule has 19 heavy (non-hydrogen) atoms. The van der Waals surface area contributed by atoms with E-state index in [4.69, 9.17) is 4.84 Å². The second-order valence-electron chi connectivity index (χ2n) is 4.99. The largest absolute Gasteiger partial charge is 0.301 e. The monoisotopic (exact) mass is 259 g/mol. The van der Waals surface area contributed by atoms with Gasteiger partial charge in [0.2, 0.25) is 0 Å². The number of hydrogen-bond acceptors (Lipinski definition) is 3. The van der Waals surface area contributed by atoms with Gasteiger partial charge in [-0.15, -0.1) is 0 Å². The van der Waals surface area contributed by atoms with Crippen LogP contribution < -0.4 is 5.48 Å². The van der Waals surface area contributed by atoms with Gasteiger partial charge in [0.25, 0.3) is 0 Å². The molecule has 1 N–H and O–H groups in total. The Kier molecular flexibility index (Phi) is 4.71. The maximum absolute atomic E-state index is 5.41. The van der Waals surface area contributed by atoms with E-state index in [9.17, 15) is 0 Å². The molecule has 0 atom stereocenters. The van der Waals surface area contributed by atoms with Crippen molar-refractivity contribution < 1.29 is 4.84 Å². The molecule has 1 heterocycles. The molecular weight excluding hydrogens is 238 g/mol. The maximum atomic E-state index is 5.41. The third-order valence-electron chi connectivity index (χ3n) is 2.80. The number of rotatable bonds is 6. The van der Waals surface area contributed by atoms with Crippen LogP contribution in [-0.4, -0.2) is 16.2 Å². The molecule has 0 aliphatic carbocycles. The van der Waals surface area contributed by atoms with Crippen molar-refractivity contribution in [2.75, 3.05) is 6.61 Å². The fourth-order valence-corrected chi connectivity index (χ4v) is 1.90. The first-order valence-corrected chi connectivity index (χ1v) is 6.61. The Morgan fingerprint density at radius 2 is 2.00 bits per heavy atom. The van der Waals surface area contributed by atoms with E-state index in [2.05, 4.69) is 41.0 Å². The Bertz CT molecular complexity index is 505. The summed E-state index contributed by atoms with van der Waals surface area (Å²) in [5.41, 5.74) is 5.21. The third kappa shape index (κ3) is 3.66. The number of hydrogen-bond donors (Lipinski definition) is 1. The minimum atomic E-state index is 0.522. The van der Waals surface area contributed by atoms with Crippen LogP contribution in [0.15, 0.2) is 36.5 Å². The Morgan fingerprint density at radius 1 is 1.26 bits per heavy atom. The summed E-state index contributed by atoms with van der Waals surface area (Å²) < 4.78 is 2.13. The molecule has 0 saturated heterocycles. The first-order valence-electron chi connectivity index (χ1n) is 6.61. The smallest absolute Gasteiger partial charge is 0.110 e. The number of nitrogens with one attached hydrogen (secondary N) is 1. The van der Waals surface area contributed by atoms with Crippen molar-refractivity contribution in [3.8, 4) is 5.69 Å². The van der Waals surface area contributed by atoms with E-state index in [1.165, 1.54) is 0 Å². The van der Waals surface area contributed by atoms with Gasteiger partial charge in [0, 0.05) is 5.69 Å². The second-order valence-corrected chi connectivity index (χ2v) is 4.99. The molecule has 0 spiro atoms. The topological polar surface area (TPSA) is 39.1 Å². The molecule has 0 bridgehead atoms. The summed E-state index contributed by atoms with van der Waals surface area (Å²) in [6, 6.07) is 10.2. The average Bonchev–Trinajstić information content (AvgIpc) is 2.77. The highest BCUT2D eigenvalue weighted by molar-refractivity contribution is 5.35. The van der Waals surface area contributed by atoms with Gasteiger partial charge in [-0.3, -0.25) is 4.57 Å². The first-order chi connectivity index (χ1) is 9.18. The molecule has 2 aromatic rings. The van der Waals surface area contributed by atoms with Gasteiger partial charge in [-0.1, -0.05) is 32.0 Å². The predicted octanol–water partition coefficient (Wildman–Crippen LogP) is 2.86. The lowest BCUT2D eigenvalue weighted by molar-refractivity contribution is 0.0188. The minimum Gasteiger partial charge on any atom is -0.301 e. The average molecular weight is 259 g/mol. The van der Waals surface area contributed by atoms with Gasteiger partial charge >= 0.3 is 0 Å². The summed E-state index contributed by atoms with van der Waals surface area (Å²) in [4.78, 5) is 9.78. The summed E-state index contributed by atoms with van der Waals surface area (Å²) in [7, 11) is 0. The van der Waals surface area contributed by atoms with Crippen molar-refractivity contribution in [1.29, 1.82) is 0 Å². The number of nitrogens with zero attached hydrogens (tertiary/aromatic N) is 2. The van der Waals surface area contributed by atoms with Gasteiger partial charge in [-0.05, 0) is 25.0 Å². The normalized spacial score (nSPS) is 11.2. The molecule has 0 unspecified atom stereocenters. The standard InChI is InChI=1S/C15H21N3O/c1-12(2)11-19-17-10-15-9-16-13(3)18(15)14-7-5-4-6-8-14/h4-9,12,17H,10-11H2,1-3H3. The Labute approximate surface area is 114 Å². The zero-order valence-corrected chi connectivity index (χ0v) is 11.8. The highest BCUT2D eigenvalue weighted by atomic mass is 16.6. The highest BCUT2D eigenvalue weighted by Crippen LogP contribution is 2.14. The molecule has 0 fully saturated rings. The van der Waals surface area contributed by atoms with Crippen LogP contribution in [0.4, 0.5) is 0 Å². The van der Waals surface area contributed by atoms with E-state index < -0.39 is 0 Å². The molecule has 0 radical (unpaired) electrons. The number of hydroxylamine groups is 1. The number of benzene rings is 1. The molecular formula is C15H21N3O. The molecule has 4 heteroatoms. The van der Waals surface area contributed by atoms with Crippen LogP contribution in [0.2, 0.25) is 0 Å². The van der Waals surface area contributed by atoms with Crippen LogP contribution in [0.1, 0.15) is 25.4 Å². The van der Waals surface area contributed by atoms with E-state index in [0.717, 1.165) is 17.2 Å². The molecule has 102 valence electrons. The zero-order chi connectivity index (χ0) is 13.7. The lowest BCUT2D eigenvalue weighted by Crippen LogP contribution is -2.19. The van der Waals surface area contributed by atoms with Crippen LogP contribution in [0.5, 0.6) is 0 Å². The van der Waals surface area contributed by atoms with Crippen molar-refractivity contribution in [2.24, 2.45) is 5.92 Å². The van der Waals surface area contributed by atoms with E-state index in [1.807, 2.05) is 31.3 Å². The molecule has 4 nitrogen and oxygen atoms in total. The van der Waals surface area contributed by atoms with Gasteiger partial charge in [0.15, 0.2) is 0 Å². The lowest BCUT2D eigenvalue weighted by Gasteiger charge is -2.12. The first kappa shape index (κ1) is 13.8. The van der Waals surface area contributed by atoms with Crippen LogP contribution in [0.3, 0.4) is 0 Å². The molecule has 0 amide bonds. The molecule has 0 aliphatic heterocycles. The summed E-state index contributed by atoms with van der Waals surface area (Å²) in [6.07, 6.45) is 1.88. The van der Waals surface area contributed by atoms with Gasteiger partial charge in [-0.25, -0.2) is 4.98 Å². The SMILES string of the molecule is Cc1ncc(CNOCC(C)C)n1-c1ccccc1. The van der Waals surface area contributed by atoms with E-state index in [-0.39, 0.29) is 0 Å². The van der Waals surface area contributed by atoms with Crippen molar-refractivity contribution in [3.63, 3.8) is 0 Å². The number of aryl methyl sites for hydroxylation is 1. The van der Waals surface area contributed by atoms with Crippen LogP contribution in [-0.2, 0) is 11.4 Å². The predicted molar refractivity (Wildman–Crippen MR) is 75.9 cm³/mol. The maximum Gasteiger partial charge on any atom is 0.110 e. The Morgan fingerprint density at radius 3 is 2.68 bits per heavy atom. The van der Waals surface area contributed by atoms with Gasteiger partial charge in [0.05, 0.1) is 25.0 Å². The molecule has 2 rings (SSSR count). The fraction of sp³-hybridized carbons (Fsp3) is 0.400. The second kappa shape index (κ2) is 6.50. The molecule has 0 saturated carbocycles. The van der Waals surface area contributed by atoms with E-state index >= 15 is 0 Å². The Hall–Kier alpha value is -1.65. The van der Waals surface area contributed by atoms with E-state index in [1.54, 1.807) is 0 Å². The van der Waals surface area contributed by atoms with Crippen molar-refractivity contribution in [2.45, 2.75) is 27.3 Å². The zero-order valence-electron chi connectivity index (χ0n) is 11.8. The summed E-state index contributed by atoms with van der Waals surface area (Å²) in [5.74, 6) is 1.50. The van der Waals surface area contributed by atoms with Crippen molar-refractivity contribution in [3.05, 3.63) is 48.0 Å². The third-order valence-corrected chi connectivity index (χ3v) is 2.80.